The molecule has 1 aromatic carbocycles. The van der Waals surface area contributed by atoms with Crippen LogP contribution < -0.4 is 4.74 Å². The number of carbonyl (C=O) groups is 1. The van der Waals surface area contributed by atoms with Crippen molar-refractivity contribution in [2.45, 2.75) is 39.5 Å². The first-order valence-electron chi connectivity index (χ1n) is 6.49. The molecule has 1 unspecified atom stereocenters. The van der Waals surface area contributed by atoms with Gasteiger partial charge in [0.15, 0.2) is 5.78 Å². The molecule has 1 atom stereocenters. The molecule has 0 saturated heterocycles. The average Bonchev–Trinajstić information content (AvgIpc) is 2.36. The van der Waals surface area contributed by atoms with Crippen molar-refractivity contribution >= 4 is 5.78 Å². The number of benzene rings is 1. The Morgan fingerprint density at radius 1 is 1.35 bits per heavy atom. The predicted molar refractivity (Wildman–Crippen MR) is 68.7 cm³/mol. The number of ether oxygens (including phenoxy) is 1. The standard InChI is InChI=1S/C15H20O2/c1-3-11(2)10-17-13-7-8-14-12(9-13)5-4-6-15(14)16/h7-9,11H,3-6,10H2,1-2H3. The van der Waals surface area contributed by atoms with E-state index in [1.54, 1.807) is 0 Å². The number of fused-ring (bicyclic) bond motifs is 1. The smallest absolute Gasteiger partial charge is 0.163 e. The topological polar surface area (TPSA) is 26.3 Å². The molecule has 0 fully saturated rings. The molecule has 92 valence electrons. The molecule has 0 aliphatic heterocycles. The monoisotopic (exact) mass is 232 g/mol. The second-order valence-corrected chi connectivity index (χ2v) is 4.92. The van der Waals surface area contributed by atoms with Crippen molar-refractivity contribution in [3.63, 3.8) is 0 Å². The number of rotatable bonds is 4. The maximum Gasteiger partial charge on any atom is 0.163 e. The summed E-state index contributed by atoms with van der Waals surface area (Å²) in [7, 11) is 0. The van der Waals surface area contributed by atoms with Gasteiger partial charge in [0, 0.05) is 12.0 Å². The summed E-state index contributed by atoms with van der Waals surface area (Å²) in [5.74, 6) is 1.76. The largest absolute Gasteiger partial charge is 0.493 e. The fourth-order valence-corrected chi connectivity index (χ4v) is 2.07. The third kappa shape index (κ3) is 2.87. The molecule has 0 spiro atoms. The minimum Gasteiger partial charge on any atom is -0.493 e. The van der Waals surface area contributed by atoms with Crippen LogP contribution in [0.4, 0.5) is 0 Å². The number of carbonyl (C=O) groups excluding carboxylic acids is 1. The van der Waals surface area contributed by atoms with Crippen LogP contribution in [-0.4, -0.2) is 12.4 Å². The van der Waals surface area contributed by atoms with Gasteiger partial charge < -0.3 is 4.74 Å². The quantitative estimate of drug-likeness (QED) is 0.792. The van der Waals surface area contributed by atoms with Gasteiger partial charge in [-0.25, -0.2) is 0 Å². The Morgan fingerprint density at radius 3 is 2.94 bits per heavy atom. The molecule has 0 N–H and O–H groups in total. The van der Waals surface area contributed by atoms with Crippen molar-refractivity contribution in [1.29, 1.82) is 0 Å². The second-order valence-electron chi connectivity index (χ2n) is 4.92. The van der Waals surface area contributed by atoms with Crippen LogP contribution in [0.25, 0.3) is 0 Å². The Morgan fingerprint density at radius 2 is 2.18 bits per heavy atom. The Labute approximate surface area is 103 Å². The maximum absolute atomic E-state index is 11.7. The SMILES string of the molecule is CCC(C)COc1ccc2c(c1)CCCC2=O. The summed E-state index contributed by atoms with van der Waals surface area (Å²) < 4.78 is 5.75. The summed E-state index contributed by atoms with van der Waals surface area (Å²) >= 11 is 0. The molecule has 2 nitrogen and oxygen atoms in total. The van der Waals surface area contributed by atoms with Gasteiger partial charge in [0.2, 0.25) is 0 Å². The first-order valence-corrected chi connectivity index (χ1v) is 6.49. The van der Waals surface area contributed by atoms with Crippen molar-refractivity contribution in [3.8, 4) is 5.75 Å². The fourth-order valence-electron chi connectivity index (χ4n) is 2.07. The normalized spacial score (nSPS) is 16.5. The van der Waals surface area contributed by atoms with E-state index in [-0.39, 0.29) is 5.78 Å². The molecule has 17 heavy (non-hydrogen) atoms. The Bertz CT molecular complexity index is 409. The van der Waals surface area contributed by atoms with E-state index >= 15 is 0 Å². The number of hydrogen-bond donors (Lipinski definition) is 0. The first-order chi connectivity index (χ1) is 8.20. The Hall–Kier alpha value is -1.31. The highest BCUT2D eigenvalue weighted by Crippen LogP contribution is 2.25. The van der Waals surface area contributed by atoms with Crippen molar-refractivity contribution in [2.75, 3.05) is 6.61 Å². The van der Waals surface area contributed by atoms with E-state index in [9.17, 15) is 4.79 Å². The lowest BCUT2D eigenvalue weighted by atomic mass is 9.90. The first kappa shape index (κ1) is 12.2. The average molecular weight is 232 g/mol. The zero-order chi connectivity index (χ0) is 12.3. The van der Waals surface area contributed by atoms with Crippen LogP contribution in [0.3, 0.4) is 0 Å². The van der Waals surface area contributed by atoms with E-state index in [0.717, 1.165) is 42.7 Å². The lowest BCUT2D eigenvalue weighted by Gasteiger charge is -2.17. The predicted octanol–water partition coefficient (Wildman–Crippen LogP) is 3.63. The molecule has 0 aromatic heterocycles. The van der Waals surface area contributed by atoms with Crippen LogP contribution in [0.1, 0.15) is 49.0 Å². The van der Waals surface area contributed by atoms with Gasteiger partial charge in [0.25, 0.3) is 0 Å². The third-order valence-electron chi connectivity index (χ3n) is 3.46. The van der Waals surface area contributed by atoms with Gasteiger partial charge in [-0.1, -0.05) is 20.3 Å². The van der Waals surface area contributed by atoms with Crippen molar-refractivity contribution in [2.24, 2.45) is 5.92 Å². The summed E-state index contributed by atoms with van der Waals surface area (Å²) in [6.07, 6.45) is 3.80. The highest BCUT2D eigenvalue weighted by atomic mass is 16.5. The van der Waals surface area contributed by atoms with Crippen LogP contribution in [-0.2, 0) is 6.42 Å². The lowest BCUT2D eigenvalue weighted by Crippen LogP contribution is -2.12. The maximum atomic E-state index is 11.7. The summed E-state index contributed by atoms with van der Waals surface area (Å²) in [6.45, 7) is 5.10. The van der Waals surface area contributed by atoms with E-state index < -0.39 is 0 Å². The van der Waals surface area contributed by atoms with Gasteiger partial charge in [0.1, 0.15) is 5.75 Å². The minimum atomic E-state index is 0.278. The van der Waals surface area contributed by atoms with Gasteiger partial charge in [-0.2, -0.15) is 0 Å². The molecule has 0 amide bonds. The zero-order valence-corrected chi connectivity index (χ0v) is 10.7. The number of Topliss-reactive ketones (excluding diaryl/α,β-unsaturated/α-hetero) is 1. The fraction of sp³-hybridized carbons (Fsp3) is 0.533. The van der Waals surface area contributed by atoms with Crippen LogP contribution in [0, 0.1) is 5.92 Å². The van der Waals surface area contributed by atoms with Gasteiger partial charge in [-0.3, -0.25) is 4.79 Å². The Kier molecular flexibility index (Phi) is 3.82. The van der Waals surface area contributed by atoms with E-state index in [0.29, 0.717) is 12.3 Å². The molecule has 1 aliphatic carbocycles. The van der Waals surface area contributed by atoms with Gasteiger partial charge in [-0.15, -0.1) is 0 Å². The highest BCUT2D eigenvalue weighted by Gasteiger charge is 2.17. The van der Waals surface area contributed by atoms with Crippen molar-refractivity contribution < 1.29 is 9.53 Å². The highest BCUT2D eigenvalue weighted by molar-refractivity contribution is 5.98. The lowest BCUT2D eigenvalue weighted by molar-refractivity contribution is 0.0972. The summed E-state index contributed by atoms with van der Waals surface area (Å²) in [5.41, 5.74) is 2.05. The molecular weight excluding hydrogens is 212 g/mol. The molecule has 2 rings (SSSR count). The van der Waals surface area contributed by atoms with Gasteiger partial charge in [-0.05, 0) is 42.5 Å². The molecule has 0 heterocycles. The number of aryl methyl sites for hydroxylation is 1. The molecule has 0 radical (unpaired) electrons. The van der Waals surface area contributed by atoms with Crippen LogP contribution in [0.2, 0.25) is 0 Å². The number of hydrogen-bond acceptors (Lipinski definition) is 2. The summed E-state index contributed by atoms with van der Waals surface area (Å²) in [6, 6.07) is 5.88. The van der Waals surface area contributed by atoms with E-state index in [2.05, 4.69) is 13.8 Å². The van der Waals surface area contributed by atoms with Crippen LogP contribution in [0.5, 0.6) is 5.75 Å². The van der Waals surface area contributed by atoms with Crippen LogP contribution in [0.15, 0.2) is 18.2 Å². The summed E-state index contributed by atoms with van der Waals surface area (Å²) in [4.78, 5) is 11.7. The molecule has 2 heteroatoms. The molecule has 1 aliphatic rings. The van der Waals surface area contributed by atoms with E-state index in [4.69, 9.17) is 4.74 Å². The van der Waals surface area contributed by atoms with Crippen molar-refractivity contribution in [1.82, 2.24) is 0 Å². The van der Waals surface area contributed by atoms with Gasteiger partial charge >= 0.3 is 0 Å². The van der Waals surface area contributed by atoms with E-state index in [1.165, 1.54) is 0 Å². The molecule has 0 saturated carbocycles. The third-order valence-corrected chi connectivity index (χ3v) is 3.46. The molecular formula is C15H20O2. The zero-order valence-electron chi connectivity index (χ0n) is 10.7. The van der Waals surface area contributed by atoms with E-state index in [1.807, 2.05) is 18.2 Å². The number of ketones is 1. The van der Waals surface area contributed by atoms with Gasteiger partial charge in [0.05, 0.1) is 6.61 Å². The van der Waals surface area contributed by atoms with Crippen molar-refractivity contribution in [3.05, 3.63) is 29.3 Å². The Balaban J connectivity index is 2.08. The second kappa shape index (κ2) is 5.35. The van der Waals surface area contributed by atoms with Crippen LogP contribution >= 0.6 is 0 Å². The molecule has 0 bridgehead atoms. The summed E-state index contributed by atoms with van der Waals surface area (Å²) in [5, 5.41) is 0. The molecule has 1 aromatic rings. The minimum absolute atomic E-state index is 0.278.